The molecule has 38 heavy (non-hydrogen) atoms. The van der Waals surface area contributed by atoms with E-state index in [4.69, 9.17) is 9.98 Å². The summed E-state index contributed by atoms with van der Waals surface area (Å²) in [6.45, 7) is 20.7. The first kappa shape index (κ1) is 29.3. The van der Waals surface area contributed by atoms with Crippen molar-refractivity contribution in [1.82, 2.24) is 9.80 Å². The highest BCUT2D eigenvalue weighted by Gasteiger charge is 2.30. The van der Waals surface area contributed by atoms with Gasteiger partial charge in [-0.25, -0.2) is 9.98 Å². The van der Waals surface area contributed by atoms with E-state index in [1.54, 1.807) is 24.3 Å². The van der Waals surface area contributed by atoms with Gasteiger partial charge in [-0.15, -0.1) is 0 Å². The molecule has 2 aromatic carbocycles. The third-order valence-corrected chi connectivity index (χ3v) is 6.94. The fourth-order valence-electron chi connectivity index (χ4n) is 4.96. The molecule has 0 saturated carbocycles. The quantitative estimate of drug-likeness (QED) is 0.209. The highest BCUT2D eigenvalue weighted by molar-refractivity contribution is 6.28. The van der Waals surface area contributed by atoms with Crippen molar-refractivity contribution < 1.29 is 9.59 Å². The average molecular weight is 517 g/mol. The molecule has 0 saturated heterocycles. The summed E-state index contributed by atoms with van der Waals surface area (Å²) in [6.07, 6.45) is 1.70. The zero-order valence-electron chi connectivity index (χ0n) is 24.5. The number of rotatable bonds is 10. The number of hydrogen-bond acceptors (Lipinski definition) is 4. The van der Waals surface area contributed by atoms with E-state index in [1.807, 2.05) is 12.1 Å². The van der Waals surface area contributed by atoms with E-state index in [1.165, 1.54) is 0 Å². The summed E-state index contributed by atoms with van der Waals surface area (Å²) in [5.41, 5.74) is 3.12. The van der Waals surface area contributed by atoms with E-state index < -0.39 is 0 Å². The molecule has 0 spiro atoms. The summed E-state index contributed by atoms with van der Waals surface area (Å²) in [7, 11) is 0. The Morgan fingerprint density at radius 2 is 0.947 bits per heavy atom. The van der Waals surface area contributed by atoms with Gasteiger partial charge >= 0.3 is 0 Å². The fraction of sp³-hybridized carbons (Fsp3) is 0.500. The van der Waals surface area contributed by atoms with Crippen molar-refractivity contribution >= 4 is 34.6 Å². The van der Waals surface area contributed by atoms with Crippen LogP contribution in [0.15, 0.2) is 46.4 Å². The summed E-state index contributed by atoms with van der Waals surface area (Å²) in [6, 6.07) is 10.8. The summed E-state index contributed by atoms with van der Waals surface area (Å²) in [4.78, 5) is 41.4. The van der Waals surface area contributed by atoms with Crippen LogP contribution in [-0.4, -0.2) is 59.2 Å². The zero-order chi connectivity index (χ0) is 28.0. The predicted octanol–water partition coefficient (Wildman–Crippen LogP) is 7.30. The molecule has 204 valence electrons. The lowest BCUT2D eigenvalue weighted by Crippen LogP contribution is -2.31. The molecular weight excluding hydrogens is 472 g/mol. The number of aliphatic imine (C=N–C) groups is 2. The van der Waals surface area contributed by atoms with Crippen LogP contribution in [0, 0.1) is 11.8 Å². The van der Waals surface area contributed by atoms with Crippen LogP contribution in [-0.2, 0) is 0 Å². The molecule has 0 aromatic heterocycles. The Kier molecular flexibility index (Phi) is 10.0. The molecule has 1 aliphatic carbocycles. The summed E-state index contributed by atoms with van der Waals surface area (Å²) >= 11 is 0. The monoisotopic (exact) mass is 516 g/mol. The Bertz CT molecular complexity index is 1120. The van der Waals surface area contributed by atoms with E-state index in [0.717, 1.165) is 50.7 Å². The van der Waals surface area contributed by atoms with Gasteiger partial charge in [0.25, 0.3) is 0 Å². The number of fused-ring (bicyclic) bond motifs is 2. The van der Waals surface area contributed by atoms with Crippen LogP contribution in [0.5, 0.6) is 0 Å². The van der Waals surface area contributed by atoms with Crippen LogP contribution in [0.25, 0.3) is 0 Å². The second kappa shape index (κ2) is 13.0. The third kappa shape index (κ3) is 6.58. The van der Waals surface area contributed by atoms with Gasteiger partial charge in [-0.2, -0.15) is 0 Å². The first-order valence-electron chi connectivity index (χ1n) is 14.2. The minimum Gasteiger partial charge on any atom is -0.361 e. The molecule has 0 unspecified atom stereocenters. The van der Waals surface area contributed by atoms with E-state index in [0.29, 0.717) is 45.5 Å². The molecule has 6 heteroatoms. The molecule has 0 heterocycles. The van der Waals surface area contributed by atoms with Crippen LogP contribution in [0.4, 0.5) is 11.4 Å². The van der Waals surface area contributed by atoms with Crippen molar-refractivity contribution in [2.75, 3.05) is 26.2 Å². The average Bonchev–Trinajstić information content (AvgIpc) is 2.88. The third-order valence-electron chi connectivity index (χ3n) is 6.94. The molecule has 0 N–H and O–H groups in total. The zero-order valence-corrected chi connectivity index (χ0v) is 24.5. The predicted molar refractivity (Wildman–Crippen MR) is 159 cm³/mol. The number of amidine groups is 2. The lowest BCUT2D eigenvalue weighted by molar-refractivity contribution is 0.0979. The van der Waals surface area contributed by atoms with E-state index in [9.17, 15) is 9.59 Å². The molecule has 0 fully saturated rings. The second-order valence-corrected chi connectivity index (χ2v) is 10.7. The van der Waals surface area contributed by atoms with Crippen molar-refractivity contribution in [3.05, 3.63) is 58.7 Å². The SMILES string of the molecule is CCN(CC)C(CC(C)C)=Nc1ccc2c(c1)C(=O)c1ccc(N=C(CC(C)C)N(CC)CC)cc1C2=O. The number of carbonyl (C=O) groups is 2. The van der Waals surface area contributed by atoms with Gasteiger partial charge in [-0.05, 0) is 75.9 Å². The van der Waals surface area contributed by atoms with E-state index in [2.05, 4.69) is 65.2 Å². The molecule has 6 nitrogen and oxygen atoms in total. The first-order valence-corrected chi connectivity index (χ1v) is 14.2. The second-order valence-electron chi connectivity index (χ2n) is 10.7. The smallest absolute Gasteiger partial charge is 0.194 e. The number of hydrogen-bond donors (Lipinski definition) is 0. The Morgan fingerprint density at radius 3 is 1.24 bits per heavy atom. The molecule has 0 atom stereocenters. The Balaban J connectivity index is 2.02. The molecule has 0 radical (unpaired) electrons. The van der Waals surface area contributed by atoms with Gasteiger partial charge in [-0.3, -0.25) is 9.59 Å². The molecule has 2 aromatic rings. The van der Waals surface area contributed by atoms with Gasteiger partial charge in [0.1, 0.15) is 11.7 Å². The highest BCUT2D eigenvalue weighted by atomic mass is 16.1. The maximum absolute atomic E-state index is 13.5. The standard InChI is InChI=1S/C32H44N4O2/c1-9-35(10-2)29(17-21(5)6)33-23-13-15-25-27(19-23)31(37)26-16-14-24(20-28(26)32(25)38)34-30(18-22(7)8)36(11-3)12-4/h13-16,19-22H,9-12,17-18H2,1-8H3. The van der Waals surface area contributed by atoms with Crippen LogP contribution in [0.1, 0.15) is 100 Å². The summed E-state index contributed by atoms with van der Waals surface area (Å²) < 4.78 is 0. The van der Waals surface area contributed by atoms with Gasteiger partial charge in [0.05, 0.1) is 11.4 Å². The van der Waals surface area contributed by atoms with Crippen molar-refractivity contribution in [3.63, 3.8) is 0 Å². The van der Waals surface area contributed by atoms with Crippen molar-refractivity contribution in [2.24, 2.45) is 21.8 Å². The minimum absolute atomic E-state index is 0.137. The van der Waals surface area contributed by atoms with Gasteiger partial charge in [0.15, 0.2) is 11.6 Å². The molecule has 0 bridgehead atoms. The molecule has 1 aliphatic rings. The Hall–Kier alpha value is -3.28. The lowest BCUT2D eigenvalue weighted by atomic mass is 9.83. The van der Waals surface area contributed by atoms with Crippen LogP contribution < -0.4 is 0 Å². The van der Waals surface area contributed by atoms with E-state index >= 15 is 0 Å². The summed E-state index contributed by atoms with van der Waals surface area (Å²) in [5.74, 6) is 2.66. The Labute approximate surface area is 228 Å². The number of nitrogens with zero attached hydrogens (tertiary/aromatic N) is 4. The van der Waals surface area contributed by atoms with Crippen LogP contribution in [0.3, 0.4) is 0 Å². The molecule has 0 amide bonds. The lowest BCUT2D eigenvalue weighted by Gasteiger charge is -2.25. The topological polar surface area (TPSA) is 65.3 Å². The van der Waals surface area contributed by atoms with Crippen molar-refractivity contribution in [2.45, 2.75) is 68.2 Å². The van der Waals surface area contributed by atoms with Crippen LogP contribution in [0.2, 0.25) is 0 Å². The largest absolute Gasteiger partial charge is 0.361 e. The van der Waals surface area contributed by atoms with Gasteiger partial charge in [-0.1, -0.05) is 27.7 Å². The van der Waals surface area contributed by atoms with Gasteiger partial charge < -0.3 is 9.80 Å². The number of carbonyl (C=O) groups excluding carboxylic acids is 2. The fourth-order valence-corrected chi connectivity index (χ4v) is 4.96. The normalized spacial score (nSPS) is 13.7. The highest BCUT2D eigenvalue weighted by Crippen LogP contribution is 2.33. The minimum atomic E-state index is -0.137. The van der Waals surface area contributed by atoms with Crippen molar-refractivity contribution in [1.29, 1.82) is 0 Å². The molecule has 3 rings (SSSR count). The van der Waals surface area contributed by atoms with Gasteiger partial charge in [0, 0.05) is 61.3 Å². The summed E-state index contributed by atoms with van der Waals surface area (Å²) in [5, 5.41) is 0. The molecule has 0 aliphatic heterocycles. The van der Waals surface area contributed by atoms with Crippen LogP contribution >= 0.6 is 0 Å². The first-order chi connectivity index (χ1) is 18.1. The maximum atomic E-state index is 13.5. The van der Waals surface area contributed by atoms with Crippen molar-refractivity contribution in [3.8, 4) is 0 Å². The van der Waals surface area contributed by atoms with Gasteiger partial charge in [0.2, 0.25) is 0 Å². The molecular formula is C32H44N4O2. The number of ketones is 2. The maximum Gasteiger partial charge on any atom is 0.194 e. The number of benzene rings is 2. The Morgan fingerprint density at radius 1 is 0.605 bits per heavy atom. The van der Waals surface area contributed by atoms with E-state index in [-0.39, 0.29) is 11.6 Å².